The maximum absolute atomic E-state index is 13.6. The van der Waals surface area contributed by atoms with Crippen molar-refractivity contribution in [3.05, 3.63) is 18.2 Å². The van der Waals surface area contributed by atoms with Crippen LogP contribution in [0.1, 0.15) is 19.3 Å². The summed E-state index contributed by atoms with van der Waals surface area (Å²) in [5.74, 6) is -0.218. The van der Waals surface area contributed by atoms with Gasteiger partial charge in [0.15, 0.2) is 5.11 Å². The van der Waals surface area contributed by atoms with Crippen LogP contribution in [0.4, 0.5) is 5.69 Å². The van der Waals surface area contributed by atoms with Crippen LogP contribution in [0.3, 0.4) is 0 Å². The number of nitrogens with zero attached hydrogens (tertiary/aromatic N) is 2. The molecule has 10 nitrogen and oxygen atoms in total. The Morgan fingerprint density at radius 3 is 2.27 bits per heavy atom. The second-order valence-electron chi connectivity index (χ2n) is 8.81. The first-order valence-electron chi connectivity index (χ1n) is 11.0. The lowest BCUT2D eigenvalue weighted by molar-refractivity contribution is -0.144. The zero-order chi connectivity index (χ0) is 23.9. The summed E-state index contributed by atoms with van der Waals surface area (Å²) in [5.41, 5.74) is 6.08. The first-order chi connectivity index (χ1) is 15.7. The second kappa shape index (κ2) is 9.32. The molecule has 3 fully saturated rings. The SMILES string of the molecule is COc1cc(OC)cc(N2C(=S)NC3C(O)C(O)CC(C(=O)N4CCC(C(N)=O)CC4)C32)c1. The van der Waals surface area contributed by atoms with Crippen LogP contribution in [-0.2, 0) is 9.59 Å². The van der Waals surface area contributed by atoms with Crippen LogP contribution in [0.25, 0.3) is 0 Å². The van der Waals surface area contributed by atoms with Crippen LogP contribution < -0.4 is 25.4 Å². The number of hydrogen-bond acceptors (Lipinski definition) is 7. The minimum Gasteiger partial charge on any atom is -0.497 e. The number of carbonyl (C=O) groups excluding carboxylic acids is 2. The number of aliphatic hydroxyl groups excluding tert-OH is 2. The molecule has 2 aliphatic heterocycles. The molecule has 33 heavy (non-hydrogen) atoms. The van der Waals surface area contributed by atoms with Crippen molar-refractivity contribution in [2.75, 3.05) is 32.2 Å². The van der Waals surface area contributed by atoms with Crippen molar-refractivity contribution in [3.8, 4) is 11.5 Å². The molecule has 5 N–H and O–H groups in total. The van der Waals surface area contributed by atoms with Gasteiger partial charge in [0.2, 0.25) is 11.8 Å². The Kier molecular flexibility index (Phi) is 6.64. The number of amides is 2. The number of likely N-dealkylation sites (tertiary alicyclic amines) is 1. The highest BCUT2D eigenvalue weighted by molar-refractivity contribution is 7.80. The van der Waals surface area contributed by atoms with Crippen molar-refractivity contribution < 1.29 is 29.3 Å². The molecule has 0 aromatic heterocycles. The molecule has 1 aromatic rings. The molecule has 5 atom stereocenters. The number of nitrogens with one attached hydrogen (secondary N) is 1. The van der Waals surface area contributed by atoms with Gasteiger partial charge in [0.1, 0.15) is 17.6 Å². The maximum atomic E-state index is 13.6. The monoisotopic (exact) mass is 478 g/mol. The highest BCUT2D eigenvalue weighted by atomic mass is 32.1. The highest BCUT2D eigenvalue weighted by Crippen LogP contribution is 2.40. The lowest BCUT2D eigenvalue weighted by Gasteiger charge is -2.44. The molecule has 2 saturated heterocycles. The number of primary amides is 1. The average molecular weight is 479 g/mol. The molecule has 1 aliphatic carbocycles. The number of rotatable bonds is 5. The summed E-state index contributed by atoms with van der Waals surface area (Å²) in [6, 6.07) is 4.16. The summed E-state index contributed by atoms with van der Waals surface area (Å²) >= 11 is 5.59. The topological polar surface area (TPSA) is 138 Å². The van der Waals surface area contributed by atoms with Crippen LogP contribution in [0.5, 0.6) is 11.5 Å². The number of nitrogens with two attached hydrogens (primary N) is 1. The fourth-order valence-electron chi connectivity index (χ4n) is 5.18. The summed E-state index contributed by atoms with van der Waals surface area (Å²) in [5, 5.41) is 24.7. The largest absolute Gasteiger partial charge is 0.497 e. The molecule has 3 aliphatic rings. The van der Waals surface area contributed by atoms with Crippen molar-refractivity contribution in [2.24, 2.45) is 17.6 Å². The second-order valence-corrected chi connectivity index (χ2v) is 9.20. The Bertz CT molecular complexity index is 915. The van der Waals surface area contributed by atoms with Crippen molar-refractivity contribution in [2.45, 2.75) is 43.6 Å². The number of aliphatic hydroxyl groups is 2. The third kappa shape index (κ3) is 4.32. The summed E-state index contributed by atoms with van der Waals surface area (Å²) < 4.78 is 10.8. The Balaban J connectivity index is 1.66. The van der Waals surface area contributed by atoms with Crippen molar-refractivity contribution >= 4 is 34.8 Å². The number of hydrogen-bond donors (Lipinski definition) is 4. The standard InChI is InChI=1S/C22H30N4O6S/c1-31-13-7-12(8-14(9-13)32-2)26-18-15(10-16(27)19(28)17(18)24-22(26)33)21(30)25-5-3-11(4-6-25)20(23)29/h7-9,11,15-19,27-28H,3-6,10H2,1-2H3,(H2,23,29)(H,24,33). The van der Waals surface area contributed by atoms with E-state index in [-0.39, 0.29) is 24.2 Å². The smallest absolute Gasteiger partial charge is 0.227 e. The van der Waals surface area contributed by atoms with E-state index in [2.05, 4.69) is 5.32 Å². The molecular weight excluding hydrogens is 448 g/mol. The van der Waals surface area contributed by atoms with E-state index in [1.807, 2.05) is 0 Å². The van der Waals surface area contributed by atoms with Crippen LogP contribution in [0.15, 0.2) is 18.2 Å². The van der Waals surface area contributed by atoms with Gasteiger partial charge in [0.05, 0.1) is 44.0 Å². The number of carbonyl (C=O) groups is 2. The van der Waals surface area contributed by atoms with Gasteiger partial charge < -0.3 is 40.5 Å². The third-order valence-corrected chi connectivity index (χ3v) is 7.30. The predicted octanol–water partition coefficient (Wildman–Crippen LogP) is -0.399. The maximum Gasteiger partial charge on any atom is 0.227 e. The summed E-state index contributed by atoms with van der Waals surface area (Å²) in [6.07, 6.45) is -1.03. The molecule has 11 heteroatoms. The van der Waals surface area contributed by atoms with E-state index in [1.165, 1.54) is 0 Å². The molecule has 5 unspecified atom stereocenters. The van der Waals surface area contributed by atoms with E-state index < -0.39 is 30.2 Å². The van der Waals surface area contributed by atoms with Gasteiger partial charge in [-0.1, -0.05) is 0 Å². The molecule has 2 heterocycles. The van der Waals surface area contributed by atoms with E-state index in [1.54, 1.807) is 42.2 Å². The Labute approximate surface area is 197 Å². The van der Waals surface area contributed by atoms with Gasteiger partial charge in [0.25, 0.3) is 0 Å². The Hall–Kier alpha value is -2.63. The fourth-order valence-corrected chi connectivity index (χ4v) is 5.54. The lowest BCUT2D eigenvalue weighted by Crippen LogP contribution is -2.61. The molecule has 0 bridgehead atoms. The van der Waals surface area contributed by atoms with Crippen LogP contribution in [0, 0.1) is 11.8 Å². The van der Waals surface area contributed by atoms with Crippen molar-refractivity contribution in [1.29, 1.82) is 0 Å². The van der Waals surface area contributed by atoms with Crippen LogP contribution >= 0.6 is 12.2 Å². The van der Waals surface area contributed by atoms with Crippen LogP contribution in [0.2, 0.25) is 0 Å². The van der Waals surface area contributed by atoms with Gasteiger partial charge in [0, 0.05) is 37.2 Å². The molecule has 0 spiro atoms. The zero-order valence-corrected chi connectivity index (χ0v) is 19.5. The third-order valence-electron chi connectivity index (χ3n) is 6.99. The summed E-state index contributed by atoms with van der Waals surface area (Å²) in [7, 11) is 3.09. The van der Waals surface area contributed by atoms with E-state index >= 15 is 0 Å². The quantitative estimate of drug-likeness (QED) is 0.417. The zero-order valence-electron chi connectivity index (χ0n) is 18.6. The average Bonchev–Trinajstić information content (AvgIpc) is 3.17. The van der Waals surface area contributed by atoms with Gasteiger partial charge in [-0.3, -0.25) is 9.59 Å². The number of thiocarbonyl (C=S) groups is 1. The van der Waals surface area contributed by atoms with Gasteiger partial charge >= 0.3 is 0 Å². The number of fused-ring (bicyclic) bond motifs is 1. The van der Waals surface area contributed by atoms with Gasteiger partial charge in [-0.25, -0.2) is 0 Å². The molecule has 180 valence electrons. The van der Waals surface area contributed by atoms with Crippen molar-refractivity contribution in [3.63, 3.8) is 0 Å². The number of benzene rings is 1. The molecule has 2 amide bonds. The molecular formula is C22H30N4O6S. The molecule has 1 saturated carbocycles. The Morgan fingerprint density at radius 1 is 1.12 bits per heavy atom. The summed E-state index contributed by atoms with van der Waals surface area (Å²) in [6.45, 7) is 0.841. The fraction of sp³-hybridized carbons (Fsp3) is 0.591. The van der Waals surface area contributed by atoms with E-state index in [0.717, 1.165) is 0 Å². The predicted molar refractivity (Wildman–Crippen MR) is 124 cm³/mol. The lowest BCUT2D eigenvalue weighted by atomic mass is 9.76. The van der Waals surface area contributed by atoms with E-state index in [4.69, 9.17) is 27.4 Å². The van der Waals surface area contributed by atoms with Gasteiger partial charge in [-0.2, -0.15) is 0 Å². The number of ether oxygens (including phenoxy) is 2. The molecule has 1 aromatic carbocycles. The number of methoxy groups -OCH3 is 2. The minimum absolute atomic E-state index is 0.0960. The van der Waals surface area contributed by atoms with E-state index in [9.17, 15) is 19.8 Å². The minimum atomic E-state index is -1.09. The molecule has 4 rings (SSSR count). The van der Waals surface area contributed by atoms with Gasteiger partial charge in [-0.05, 0) is 31.5 Å². The highest BCUT2D eigenvalue weighted by Gasteiger charge is 2.54. The first kappa shape index (κ1) is 23.5. The normalized spacial score (nSPS) is 29.9. The first-order valence-corrected chi connectivity index (χ1v) is 11.4. The molecule has 0 radical (unpaired) electrons. The van der Waals surface area contributed by atoms with Gasteiger partial charge in [-0.15, -0.1) is 0 Å². The van der Waals surface area contributed by atoms with Crippen molar-refractivity contribution in [1.82, 2.24) is 10.2 Å². The summed E-state index contributed by atoms with van der Waals surface area (Å²) in [4.78, 5) is 28.7. The number of anilines is 1. The van der Waals surface area contributed by atoms with E-state index in [0.29, 0.717) is 48.2 Å². The van der Waals surface area contributed by atoms with Crippen LogP contribution in [-0.4, -0.2) is 83.6 Å². The Morgan fingerprint density at radius 2 is 1.73 bits per heavy atom. The number of piperidine rings is 1.